The summed E-state index contributed by atoms with van der Waals surface area (Å²) in [7, 11) is 3.44. The van der Waals surface area contributed by atoms with Crippen LogP contribution in [-0.4, -0.2) is 96.4 Å². The van der Waals surface area contributed by atoms with Gasteiger partial charge in [-0.15, -0.1) is 0 Å². The Balaban J connectivity index is 0.000000127. The number of hydrogen-bond donors (Lipinski definition) is 6. The number of nitrogens with one attached hydrogen (secondary N) is 5. The highest BCUT2D eigenvalue weighted by Gasteiger charge is 2.52. The first-order chi connectivity index (χ1) is 56.4. The lowest BCUT2D eigenvalue weighted by molar-refractivity contribution is 0.00578. The molecule has 1 saturated heterocycles. The molecule has 6 aromatic carbocycles. The number of aromatic amines is 3. The van der Waals surface area contributed by atoms with E-state index in [0.29, 0.717) is 93.0 Å². The highest BCUT2D eigenvalue weighted by molar-refractivity contribution is 6.62. The summed E-state index contributed by atoms with van der Waals surface area (Å²) in [6, 6.07) is 52.2. The molecule has 0 saturated carbocycles. The van der Waals surface area contributed by atoms with Gasteiger partial charge >= 0.3 is 7.12 Å². The average Bonchev–Trinajstić information content (AvgIpc) is 1.68. The number of para-hydroxylation sites is 3. The normalized spacial score (nSPS) is 13.4. The second-order valence-corrected chi connectivity index (χ2v) is 29.6. The molecule has 12 heterocycles. The van der Waals surface area contributed by atoms with Crippen molar-refractivity contribution in [2.75, 3.05) is 10.6 Å². The maximum absolute atomic E-state index is 14.2. The van der Waals surface area contributed by atoms with E-state index in [2.05, 4.69) is 75.4 Å². The number of nitriles is 1. The van der Waals surface area contributed by atoms with Crippen molar-refractivity contribution < 1.29 is 9.31 Å². The first-order valence-corrected chi connectivity index (χ1v) is 37.9. The minimum Gasteiger partial charge on any atom is -0.399 e. The molecule has 18 rings (SSSR count). The fraction of sp³-hybridized carbons (Fsp3) is 0.163. The van der Waals surface area contributed by atoms with E-state index in [9.17, 15) is 14.4 Å². The SMILES string of the molecule is C[C@H](N)c1cc2cccc(Cl)c2c(=O)n1-c1ccccc1.Cn1cc(B2OC(C)(C)C(C)(C)O2)cn1.N#Cc1c[nH]c2ncnc(Cl)c12.[C-]#[N+]c1c[nH]c2ncnc(N[C@@H](C)c3cc4cccc(-c5cnn(C)c5)c4c(=O)n3-c3ccccc3)c12.[C-]#[N+]c1c[nH]c2ncnc(N[C@@H](C)c3cc4cccc(Cl)c4c(=O)n3-c3ccccc3)c12. The lowest BCUT2D eigenvalue weighted by Gasteiger charge is -2.32. The Kier molecular flexibility index (Phi) is 22.9. The van der Waals surface area contributed by atoms with Crippen LogP contribution in [0.5, 0.6) is 0 Å². The number of halogens is 3. The van der Waals surface area contributed by atoms with Gasteiger partial charge in [-0.25, -0.2) is 39.6 Å². The van der Waals surface area contributed by atoms with Crippen LogP contribution >= 0.6 is 34.8 Å². The number of pyridine rings is 3. The molecule has 7 N–H and O–H groups in total. The Morgan fingerprint density at radius 1 is 0.513 bits per heavy atom. The zero-order chi connectivity index (χ0) is 82.6. The highest BCUT2D eigenvalue weighted by Crippen LogP contribution is 2.39. The summed E-state index contributed by atoms with van der Waals surface area (Å²) in [5.41, 5.74) is 15.3. The smallest absolute Gasteiger partial charge is 0.399 e. The number of aryl methyl sites for hydroxylation is 2. The van der Waals surface area contributed by atoms with Gasteiger partial charge in [-0.3, -0.25) is 37.4 Å². The largest absolute Gasteiger partial charge is 0.498 e. The lowest BCUT2D eigenvalue weighted by Crippen LogP contribution is -2.41. The maximum Gasteiger partial charge on any atom is 0.498 e. The lowest BCUT2D eigenvalue weighted by atomic mass is 9.82. The summed E-state index contributed by atoms with van der Waals surface area (Å²) < 4.78 is 20.3. The van der Waals surface area contributed by atoms with Gasteiger partial charge in [0.1, 0.15) is 58.8 Å². The van der Waals surface area contributed by atoms with Crippen LogP contribution in [0.1, 0.15) is 89.2 Å². The van der Waals surface area contributed by atoms with Gasteiger partial charge in [-0.05, 0) is 137 Å². The van der Waals surface area contributed by atoms with Crippen LogP contribution in [0.4, 0.5) is 23.0 Å². The van der Waals surface area contributed by atoms with Crippen molar-refractivity contribution in [2.24, 2.45) is 19.8 Å². The summed E-state index contributed by atoms with van der Waals surface area (Å²) >= 11 is 18.4. The van der Waals surface area contributed by atoms with Crippen LogP contribution in [0.2, 0.25) is 15.2 Å². The monoisotopic (exact) mass is 1610 g/mol. The molecule has 0 spiro atoms. The predicted molar refractivity (Wildman–Crippen MR) is 460 cm³/mol. The number of nitrogens with two attached hydrogens (primary N) is 1. The third-order valence-electron chi connectivity index (χ3n) is 20.2. The number of fused-ring (bicyclic) bond motifs is 6. The number of nitrogens with zero attached hydrogens (tertiary/aromatic N) is 16. The van der Waals surface area contributed by atoms with Gasteiger partial charge in [-0.2, -0.15) is 15.5 Å². The Bertz CT molecular complexity index is 6900. The fourth-order valence-electron chi connectivity index (χ4n) is 13.8. The first kappa shape index (κ1) is 79.7. The molecule has 0 aliphatic carbocycles. The second kappa shape index (κ2) is 33.7. The van der Waals surface area contributed by atoms with E-state index in [-0.39, 0.29) is 53.1 Å². The molecule has 117 heavy (non-hydrogen) atoms. The average molecular weight is 1610 g/mol. The zero-order valence-electron chi connectivity index (χ0n) is 64.6. The summed E-state index contributed by atoms with van der Waals surface area (Å²) in [5.74, 6) is 1.05. The molecule has 31 heteroatoms. The van der Waals surface area contributed by atoms with Crippen molar-refractivity contribution in [3.8, 4) is 34.3 Å². The van der Waals surface area contributed by atoms with Crippen LogP contribution in [-0.2, 0) is 23.4 Å². The third kappa shape index (κ3) is 16.1. The maximum atomic E-state index is 14.2. The first-order valence-electron chi connectivity index (χ1n) is 36.8. The fourth-order valence-corrected chi connectivity index (χ4v) is 14.5. The van der Waals surface area contributed by atoms with E-state index in [1.165, 1.54) is 19.0 Å². The van der Waals surface area contributed by atoms with Gasteiger partial charge in [0.25, 0.3) is 16.7 Å². The second-order valence-electron chi connectivity index (χ2n) is 28.4. The molecule has 11 aromatic heterocycles. The van der Waals surface area contributed by atoms with E-state index in [1.807, 2.05) is 233 Å². The Morgan fingerprint density at radius 3 is 1.36 bits per heavy atom. The molecular weight excluding hydrogens is 1540 g/mol. The predicted octanol–water partition coefficient (Wildman–Crippen LogP) is 16.9. The molecule has 1 aliphatic rings. The zero-order valence-corrected chi connectivity index (χ0v) is 66.8. The van der Waals surface area contributed by atoms with Gasteiger partial charge in [0.2, 0.25) is 11.4 Å². The molecule has 17 aromatic rings. The topological polar surface area (TPSA) is 327 Å². The number of anilines is 2. The van der Waals surface area contributed by atoms with Crippen molar-refractivity contribution in [3.05, 3.63) is 318 Å². The van der Waals surface area contributed by atoms with Crippen molar-refractivity contribution in [1.29, 1.82) is 5.26 Å². The number of hydrogen-bond acceptors (Lipinski definition) is 17. The summed E-state index contributed by atoms with van der Waals surface area (Å²) in [4.78, 5) is 81.6. The summed E-state index contributed by atoms with van der Waals surface area (Å²) in [6.07, 6.45) is 16.4. The summed E-state index contributed by atoms with van der Waals surface area (Å²) in [5, 5.41) is 30.9. The molecule has 3 atom stereocenters. The molecule has 582 valence electrons. The standard InChI is InChI=1S/C28H22N8O.C24H17ClN6O.C17H15ClN2O.C10H17BN2O2.C7H3ClN4/c1-17(34-27-25-22(29-2)14-30-26(25)31-16-32-27)23-12-18-8-7-11-21(19-13-33-35(3)15-19)24(18)28(37)36(23)20-9-5-4-6-10-20;1-14(30-23-21-18(26-2)12-27-22(21)28-13-29-23)19-11-15-7-6-10-17(25)20(15)24(32)31(19)16-8-4-3-5-9-16;1-11(19)15-10-12-6-5-9-14(18)16(12)17(21)20(15)13-7-3-2-4-8-13;1-9(2)10(3,4)15-11(14-9)8-6-12-13(5)7-8;8-6-5-4(1-9)2-10-7(5)12-3-11-6/h4-17H,1,3H3,(H2,30,31,32,34);3-14H,1H3,(H2,27,28,29,30);2-11H,19H2,1H3;6-7H,1-5H3;2-3H,(H,10,11,12)/t17-;14-;11-;;/m000../s1. The number of aromatic nitrogens is 16. The van der Waals surface area contributed by atoms with Crippen molar-refractivity contribution in [3.63, 3.8) is 0 Å². The van der Waals surface area contributed by atoms with E-state index < -0.39 is 0 Å². The van der Waals surface area contributed by atoms with Crippen LogP contribution in [0, 0.1) is 24.5 Å². The van der Waals surface area contributed by atoms with Gasteiger partial charge < -0.3 is 40.6 Å². The molecule has 0 bridgehead atoms. The van der Waals surface area contributed by atoms with E-state index in [4.69, 9.17) is 68.3 Å². The number of benzene rings is 6. The molecule has 1 aliphatic heterocycles. The Hall–Kier alpha value is -13.9. The van der Waals surface area contributed by atoms with Gasteiger partial charge in [0.15, 0.2) is 0 Å². The molecule has 0 amide bonds. The van der Waals surface area contributed by atoms with Gasteiger partial charge in [0, 0.05) is 102 Å². The van der Waals surface area contributed by atoms with Gasteiger partial charge in [0.05, 0.1) is 90.6 Å². The number of rotatable bonds is 12. The minimum atomic E-state index is -0.328. The molecule has 0 radical (unpaired) electrons. The Labute approximate surface area is 684 Å². The van der Waals surface area contributed by atoms with E-state index in [0.717, 1.165) is 66.9 Å². The number of H-pyrrole nitrogens is 3. The van der Waals surface area contributed by atoms with Gasteiger partial charge in [-0.1, -0.05) is 132 Å². The minimum absolute atomic E-state index is 0.122. The summed E-state index contributed by atoms with van der Waals surface area (Å²) in [6.45, 7) is 28.9. The molecular formula is C86H74BCl3N22O5. The Morgan fingerprint density at radius 2 is 0.923 bits per heavy atom. The van der Waals surface area contributed by atoms with E-state index in [1.54, 1.807) is 66.2 Å². The molecule has 27 nitrogen and oxygen atoms in total. The molecule has 1 fully saturated rings. The van der Waals surface area contributed by atoms with Crippen molar-refractivity contribution >= 4 is 136 Å². The van der Waals surface area contributed by atoms with Crippen molar-refractivity contribution in [2.45, 2.75) is 77.8 Å². The highest BCUT2D eigenvalue weighted by atomic mass is 35.5. The van der Waals surface area contributed by atoms with Crippen LogP contribution in [0.3, 0.4) is 0 Å². The van der Waals surface area contributed by atoms with Crippen LogP contribution < -0.4 is 38.5 Å². The van der Waals surface area contributed by atoms with Crippen molar-refractivity contribution in [1.82, 2.24) is 78.1 Å². The third-order valence-corrected chi connectivity index (χ3v) is 21.1. The van der Waals surface area contributed by atoms with E-state index >= 15 is 0 Å². The quantitative estimate of drug-likeness (QED) is 0.0376. The van der Waals surface area contributed by atoms with Crippen LogP contribution in [0.15, 0.2) is 241 Å². The van der Waals surface area contributed by atoms with Crippen LogP contribution in [0.25, 0.3) is 103 Å². The molecule has 0 unspecified atom stereocenters.